The molecule has 0 fully saturated rings. The predicted octanol–water partition coefficient (Wildman–Crippen LogP) is 6.92. The van der Waals surface area contributed by atoms with Crippen molar-refractivity contribution in [1.29, 1.82) is 0 Å². The standard InChI is InChI=1S/C28H25NO2/c1-18-9-10-21-16-24-19(2)31-17-26(24)27(25(21)15-18)28(20-7-5-4-6-8-20)29-22-11-13-23(30-3)14-12-22/h4-16,19H,17H2,1-3H3. The highest BCUT2D eigenvalue weighted by atomic mass is 16.5. The second-order valence-electron chi connectivity index (χ2n) is 8.02. The van der Waals surface area contributed by atoms with Crippen LogP contribution < -0.4 is 4.74 Å². The fourth-order valence-electron chi connectivity index (χ4n) is 4.31. The molecule has 0 radical (unpaired) electrons. The van der Waals surface area contributed by atoms with Gasteiger partial charge in [-0.25, -0.2) is 4.99 Å². The molecule has 3 heteroatoms. The maximum Gasteiger partial charge on any atom is 0.119 e. The Balaban J connectivity index is 1.82. The number of rotatable bonds is 4. The number of methoxy groups -OCH3 is 1. The Kier molecular flexibility index (Phi) is 5.05. The summed E-state index contributed by atoms with van der Waals surface area (Å²) in [6.07, 6.45) is 0.0810. The average Bonchev–Trinajstić information content (AvgIpc) is 3.17. The van der Waals surface area contributed by atoms with Gasteiger partial charge >= 0.3 is 0 Å². The number of hydrogen-bond donors (Lipinski definition) is 0. The molecule has 1 aliphatic heterocycles. The molecule has 5 rings (SSSR count). The predicted molar refractivity (Wildman–Crippen MR) is 127 cm³/mol. The van der Waals surface area contributed by atoms with Gasteiger partial charge in [0.05, 0.1) is 31.2 Å². The van der Waals surface area contributed by atoms with Gasteiger partial charge in [-0.2, -0.15) is 0 Å². The van der Waals surface area contributed by atoms with Crippen LogP contribution in [0.15, 0.2) is 83.9 Å². The molecular weight excluding hydrogens is 382 g/mol. The van der Waals surface area contributed by atoms with Gasteiger partial charge in [0.1, 0.15) is 5.75 Å². The summed E-state index contributed by atoms with van der Waals surface area (Å²) in [5.74, 6) is 0.823. The number of fused-ring (bicyclic) bond motifs is 2. The van der Waals surface area contributed by atoms with E-state index in [1.165, 1.54) is 33.0 Å². The van der Waals surface area contributed by atoms with E-state index in [2.05, 4.69) is 62.4 Å². The third-order valence-electron chi connectivity index (χ3n) is 5.95. The van der Waals surface area contributed by atoms with E-state index in [-0.39, 0.29) is 6.10 Å². The largest absolute Gasteiger partial charge is 0.497 e. The SMILES string of the molecule is COc1ccc(N=C(c2ccccc2)c2c3c(cc4ccc(C)cc24)C(C)OC3)cc1. The molecule has 0 aliphatic carbocycles. The summed E-state index contributed by atoms with van der Waals surface area (Å²) in [4.78, 5) is 5.16. The van der Waals surface area contributed by atoms with Gasteiger partial charge in [-0.05, 0) is 66.1 Å². The Bertz CT molecular complexity index is 1270. The molecule has 0 saturated heterocycles. The third-order valence-corrected chi connectivity index (χ3v) is 5.95. The van der Waals surface area contributed by atoms with Crippen molar-refractivity contribution in [2.45, 2.75) is 26.6 Å². The number of aliphatic imine (C=N–C) groups is 1. The van der Waals surface area contributed by atoms with Crippen LogP contribution in [0.2, 0.25) is 0 Å². The lowest BCUT2D eigenvalue weighted by Gasteiger charge is -2.17. The Labute approximate surface area is 183 Å². The van der Waals surface area contributed by atoms with Gasteiger partial charge in [0.2, 0.25) is 0 Å². The molecule has 31 heavy (non-hydrogen) atoms. The van der Waals surface area contributed by atoms with E-state index in [1.807, 2.05) is 30.3 Å². The summed E-state index contributed by atoms with van der Waals surface area (Å²) < 4.78 is 11.4. The monoisotopic (exact) mass is 407 g/mol. The Morgan fingerprint density at radius 1 is 0.968 bits per heavy atom. The van der Waals surface area contributed by atoms with Crippen molar-refractivity contribution in [2.24, 2.45) is 4.99 Å². The smallest absolute Gasteiger partial charge is 0.119 e. The molecule has 0 spiro atoms. The lowest BCUT2D eigenvalue weighted by atomic mass is 9.88. The van der Waals surface area contributed by atoms with E-state index in [1.54, 1.807) is 7.11 Å². The maximum absolute atomic E-state index is 6.06. The van der Waals surface area contributed by atoms with Gasteiger partial charge in [-0.3, -0.25) is 0 Å². The molecule has 1 heterocycles. The van der Waals surface area contributed by atoms with Crippen LogP contribution in [0.3, 0.4) is 0 Å². The van der Waals surface area contributed by atoms with E-state index in [4.69, 9.17) is 14.5 Å². The third kappa shape index (κ3) is 3.62. The molecule has 0 amide bonds. The van der Waals surface area contributed by atoms with Crippen molar-refractivity contribution in [3.63, 3.8) is 0 Å². The van der Waals surface area contributed by atoms with Gasteiger partial charge in [-0.15, -0.1) is 0 Å². The summed E-state index contributed by atoms with van der Waals surface area (Å²) in [5, 5.41) is 2.43. The summed E-state index contributed by atoms with van der Waals surface area (Å²) >= 11 is 0. The molecule has 154 valence electrons. The number of nitrogens with zero attached hydrogens (tertiary/aromatic N) is 1. The number of ether oxygens (including phenoxy) is 2. The summed E-state index contributed by atoms with van der Waals surface area (Å²) in [7, 11) is 1.68. The lowest BCUT2D eigenvalue weighted by molar-refractivity contribution is 0.0796. The van der Waals surface area contributed by atoms with Crippen LogP contribution in [0.4, 0.5) is 5.69 Å². The first-order valence-corrected chi connectivity index (χ1v) is 10.6. The topological polar surface area (TPSA) is 30.8 Å². The van der Waals surface area contributed by atoms with Gasteiger partial charge in [0.15, 0.2) is 0 Å². The van der Waals surface area contributed by atoms with Gasteiger partial charge in [-0.1, -0.05) is 54.1 Å². The minimum Gasteiger partial charge on any atom is -0.497 e. The van der Waals surface area contributed by atoms with Crippen LogP contribution in [0, 0.1) is 6.92 Å². The maximum atomic E-state index is 6.06. The summed E-state index contributed by atoms with van der Waals surface area (Å²) in [6, 6.07) is 27.2. The number of hydrogen-bond acceptors (Lipinski definition) is 3. The van der Waals surface area contributed by atoms with E-state index < -0.39 is 0 Å². The highest BCUT2D eigenvalue weighted by Crippen LogP contribution is 2.39. The molecule has 4 aromatic carbocycles. The molecule has 1 aliphatic rings. The van der Waals surface area contributed by atoms with Crippen molar-refractivity contribution >= 4 is 22.2 Å². The molecule has 0 aromatic heterocycles. The molecule has 4 aromatic rings. The zero-order chi connectivity index (χ0) is 21.4. The first kappa shape index (κ1) is 19.5. The zero-order valence-electron chi connectivity index (χ0n) is 18.1. The Hall–Kier alpha value is -3.43. The molecular formula is C28H25NO2. The van der Waals surface area contributed by atoms with Crippen LogP contribution in [-0.2, 0) is 11.3 Å². The minimum atomic E-state index is 0.0810. The molecule has 0 saturated carbocycles. The number of aryl methyl sites for hydroxylation is 1. The molecule has 3 nitrogen and oxygen atoms in total. The highest BCUT2D eigenvalue weighted by molar-refractivity contribution is 6.21. The lowest BCUT2D eigenvalue weighted by Crippen LogP contribution is -2.08. The molecule has 0 bridgehead atoms. The zero-order valence-corrected chi connectivity index (χ0v) is 18.1. The van der Waals surface area contributed by atoms with E-state index in [0.29, 0.717) is 6.61 Å². The van der Waals surface area contributed by atoms with Crippen LogP contribution in [0.5, 0.6) is 5.75 Å². The van der Waals surface area contributed by atoms with E-state index in [9.17, 15) is 0 Å². The van der Waals surface area contributed by atoms with Crippen LogP contribution in [0.25, 0.3) is 10.8 Å². The van der Waals surface area contributed by atoms with Gasteiger partial charge < -0.3 is 9.47 Å². The van der Waals surface area contributed by atoms with Crippen molar-refractivity contribution in [3.05, 3.63) is 107 Å². The fraction of sp³-hybridized carbons (Fsp3) is 0.179. The molecule has 1 unspecified atom stereocenters. The average molecular weight is 408 g/mol. The van der Waals surface area contributed by atoms with Gasteiger partial charge in [0.25, 0.3) is 0 Å². The van der Waals surface area contributed by atoms with Crippen LogP contribution in [-0.4, -0.2) is 12.8 Å². The quantitative estimate of drug-likeness (QED) is 0.344. The van der Waals surface area contributed by atoms with E-state index >= 15 is 0 Å². The van der Waals surface area contributed by atoms with Crippen LogP contribution >= 0.6 is 0 Å². The van der Waals surface area contributed by atoms with Crippen molar-refractivity contribution in [1.82, 2.24) is 0 Å². The Morgan fingerprint density at radius 3 is 2.48 bits per heavy atom. The van der Waals surface area contributed by atoms with Crippen LogP contribution in [0.1, 0.15) is 40.8 Å². The number of benzene rings is 4. The fourth-order valence-corrected chi connectivity index (χ4v) is 4.31. The highest BCUT2D eigenvalue weighted by Gasteiger charge is 2.27. The Morgan fingerprint density at radius 2 is 1.74 bits per heavy atom. The summed E-state index contributed by atoms with van der Waals surface area (Å²) in [6.45, 7) is 4.86. The summed E-state index contributed by atoms with van der Waals surface area (Å²) in [5.41, 5.74) is 7.85. The van der Waals surface area contributed by atoms with Crippen molar-refractivity contribution in [3.8, 4) is 5.75 Å². The first-order chi connectivity index (χ1) is 15.1. The molecule has 0 N–H and O–H groups in total. The minimum absolute atomic E-state index is 0.0810. The van der Waals surface area contributed by atoms with Crippen molar-refractivity contribution in [2.75, 3.05) is 7.11 Å². The van der Waals surface area contributed by atoms with Crippen molar-refractivity contribution < 1.29 is 9.47 Å². The molecule has 1 atom stereocenters. The first-order valence-electron chi connectivity index (χ1n) is 10.6. The normalized spacial score (nSPS) is 15.8. The second kappa shape index (κ2) is 8.01. The van der Waals surface area contributed by atoms with Gasteiger partial charge in [0, 0.05) is 11.1 Å². The van der Waals surface area contributed by atoms with E-state index in [0.717, 1.165) is 22.7 Å². The second-order valence-corrected chi connectivity index (χ2v) is 8.02.